The van der Waals surface area contributed by atoms with Crippen LogP contribution in [0.1, 0.15) is 18.9 Å². The molecule has 4 heteroatoms. The maximum atomic E-state index is 11.2. The van der Waals surface area contributed by atoms with Crippen LogP contribution >= 0.6 is 11.3 Å². The van der Waals surface area contributed by atoms with E-state index in [0.717, 1.165) is 16.1 Å². The molecule has 1 aromatic carbocycles. The number of nitrogens with one attached hydrogen (secondary N) is 1. The summed E-state index contributed by atoms with van der Waals surface area (Å²) in [5.74, 6) is 0.0738. The normalized spacial score (nSPS) is 10.2. The zero-order chi connectivity index (χ0) is 12.1. The molecule has 88 valence electrons. The van der Waals surface area contributed by atoms with Gasteiger partial charge in [0.05, 0.1) is 0 Å². The van der Waals surface area contributed by atoms with Crippen molar-refractivity contribution in [1.82, 2.24) is 10.3 Å². The van der Waals surface area contributed by atoms with E-state index in [0.29, 0.717) is 13.0 Å². The van der Waals surface area contributed by atoms with Crippen molar-refractivity contribution in [3.05, 3.63) is 41.4 Å². The van der Waals surface area contributed by atoms with Gasteiger partial charge in [-0.3, -0.25) is 4.79 Å². The van der Waals surface area contributed by atoms with E-state index in [-0.39, 0.29) is 5.91 Å². The van der Waals surface area contributed by atoms with Crippen LogP contribution in [0.3, 0.4) is 0 Å². The Bertz CT molecular complexity index is 494. The van der Waals surface area contributed by atoms with E-state index < -0.39 is 0 Å². The molecule has 0 aliphatic carbocycles. The Kier molecular flexibility index (Phi) is 3.88. The van der Waals surface area contributed by atoms with Gasteiger partial charge in [0.15, 0.2) is 0 Å². The number of hydrogen-bond donors (Lipinski definition) is 1. The number of benzene rings is 1. The van der Waals surface area contributed by atoms with Crippen molar-refractivity contribution in [2.75, 3.05) is 0 Å². The van der Waals surface area contributed by atoms with Crippen molar-refractivity contribution >= 4 is 17.2 Å². The van der Waals surface area contributed by atoms with Gasteiger partial charge in [0.1, 0.15) is 5.01 Å². The van der Waals surface area contributed by atoms with Gasteiger partial charge in [-0.1, -0.05) is 25.1 Å². The van der Waals surface area contributed by atoms with Crippen LogP contribution in [0.25, 0.3) is 10.6 Å². The second kappa shape index (κ2) is 5.59. The molecule has 1 N–H and O–H groups in total. The minimum Gasteiger partial charge on any atom is -0.352 e. The van der Waals surface area contributed by atoms with Crippen LogP contribution in [0.15, 0.2) is 35.8 Å². The molecule has 0 aliphatic rings. The quantitative estimate of drug-likeness (QED) is 0.901. The number of thiazole rings is 1. The van der Waals surface area contributed by atoms with E-state index in [1.54, 1.807) is 17.5 Å². The molecule has 1 heterocycles. The van der Waals surface area contributed by atoms with Crippen LogP contribution in [0.4, 0.5) is 0 Å². The fraction of sp³-hybridized carbons (Fsp3) is 0.231. The summed E-state index contributed by atoms with van der Waals surface area (Å²) in [6, 6.07) is 8.09. The van der Waals surface area contributed by atoms with E-state index in [9.17, 15) is 4.79 Å². The summed E-state index contributed by atoms with van der Waals surface area (Å²) < 4.78 is 0. The Hall–Kier alpha value is -1.68. The molecule has 1 amide bonds. The van der Waals surface area contributed by atoms with Gasteiger partial charge < -0.3 is 5.32 Å². The molecule has 0 bridgehead atoms. The van der Waals surface area contributed by atoms with Crippen LogP contribution in [0.5, 0.6) is 0 Å². The summed E-state index contributed by atoms with van der Waals surface area (Å²) in [6.07, 6.45) is 2.32. The van der Waals surface area contributed by atoms with Crippen LogP contribution in [-0.2, 0) is 11.3 Å². The smallest absolute Gasteiger partial charge is 0.219 e. The fourth-order valence-electron chi connectivity index (χ4n) is 1.51. The number of aromatic nitrogens is 1. The molecule has 0 aliphatic heterocycles. The highest BCUT2D eigenvalue weighted by Crippen LogP contribution is 2.22. The minimum atomic E-state index is 0.0738. The zero-order valence-electron chi connectivity index (χ0n) is 9.64. The summed E-state index contributed by atoms with van der Waals surface area (Å²) in [6.45, 7) is 2.42. The molecule has 1 aromatic heterocycles. The number of hydrogen-bond acceptors (Lipinski definition) is 3. The van der Waals surface area contributed by atoms with Gasteiger partial charge in [-0.15, -0.1) is 11.3 Å². The third-order valence-electron chi connectivity index (χ3n) is 2.42. The van der Waals surface area contributed by atoms with Crippen molar-refractivity contribution in [2.24, 2.45) is 0 Å². The largest absolute Gasteiger partial charge is 0.352 e. The van der Waals surface area contributed by atoms with Gasteiger partial charge in [0.25, 0.3) is 0 Å². The number of carbonyl (C=O) groups is 1. The van der Waals surface area contributed by atoms with Crippen LogP contribution in [-0.4, -0.2) is 10.9 Å². The highest BCUT2D eigenvalue weighted by Gasteiger charge is 2.02. The second-order valence-electron chi connectivity index (χ2n) is 3.67. The fourth-order valence-corrected chi connectivity index (χ4v) is 2.14. The Balaban J connectivity index is 2.09. The molecule has 0 fully saturated rings. The number of amides is 1. The van der Waals surface area contributed by atoms with Gasteiger partial charge in [-0.25, -0.2) is 4.98 Å². The minimum absolute atomic E-state index is 0.0738. The van der Waals surface area contributed by atoms with Crippen LogP contribution in [0.2, 0.25) is 0 Å². The number of nitrogens with zero attached hydrogens (tertiary/aromatic N) is 1. The van der Waals surface area contributed by atoms with Gasteiger partial charge in [0, 0.05) is 30.1 Å². The van der Waals surface area contributed by atoms with Crippen molar-refractivity contribution in [3.8, 4) is 10.6 Å². The Morgan fingerprint density at radius 3 is 3.06 bits per heavy atom. The molecular weight excluding hydrogens is 232 g/mol. The highest BCUT2D eigenvalue weighted by atomic mass is 32.1. The summed E-state index contributed by atoms with van der Waals surface area (Å²) in [4.78, 5) is 15.4. The molecule has 0 unspecified atom stereocenters. The average molecular weight is 246 g/mol. The molecule has 3 nitrogen and oxygen atoms in total. The van der Waals surface area contributed by atoms with Gasteiger partial charge in [-0.2, -0.15) is 0 Å². The first-order valence-electron chi connectivity index (χ1n) is 5.55. The topological polar surface area (TPSA) is 42.0 Å². The van der Waals surface area contributed by atoms with Crippen molar-refractivity contribution in [1.29, 1.82) is 0 Å². The molecule has 17 heavy (non-hydrogen) atoms. The molecule has 2 aromatic rings. The van der Waals surface area contributed by atoms with Crippen molar-refractivity contribution in [3.63, 3.8) is 0 Å². The third kappa shape index (κ3) is 3.14. The predicted octanol–water partition coefficient (Wildman–Crippen LogP) is 2.84. The number of carbonyl (C=O) groups excluding carboxylic acids is 1. The van der Waals surface area contributed by atoms with E-state index in [1.165, 1.54) is 0 Å². The molecule has 0 saturated carbocycles. The lowest BCUT2D eigenvalue weighted by atomic mass is 10.1. The maximum Gasteiger partial charge on any atom is 0.219 e. The molecule has 0 saturated heterocycles. The molecule has 0 radical (unpaired) electrons. The lowest BCUT2D eigenvalue weighted by molar-refractivity contribution is -0.120. The predicted molar refractivity (Wildman–Crippen MR) is 69.7 cm³/mol. The zero-order valence-corrected chi connectivity index (χ0v) is 10.5. The Morgan fingerprint density at radius 2 is 2.35 bits per heavy atom. The van der Waals surface area contributed by atoms with Gasteiger partial charge in [0.2, 0.25) is 5.91 Å². The summed E-state index contributed by atoms with van der Waals surface area (Å²) in [5, 5.41) is 5.83. The first-order valence-corrected chi connectivity index (χ1v) is 6.43. The summed E-state index contributed by atoms with van der Waals surface area (Å²) >= 11 is 1.62. The van der Waals surface area contributed by atoms with Gasteiger partial charge >= 0.3 is 0 Å². The standard InChI is InChI=1S/C13H14N2OS/c1-2-12(16)15-9-10-4-3-5-11(8-10)13-14-6-7-17-13/h3-8H,2,9H2,1H3,(H,15,16). The van der Waals surface area contributed by atoms with Crippen LogP contribution in [0, 0.1) is 0 Å². The first kappa shape index (κ1) is 11.8. The lowest BCUT2D eigenvalue weighted by Crippen LogP contribution is -2.21. The van der Waals surface area contributed by atoms with E-state index in [4.69, 9.17) is 0 Å². The van der Waals surface area contributed by atoms with Crippen molar-refractivity contribution < 1.29 is 4.79 Å². The molecule has 2 rings (SSSR count). The second-order valence-corrected chi connectivity index (χ2v) is 4.56. The average Bonchev–Trinajstić information content (AvgIpc) is 2.90. The first-order chi connectivity index (χ1) is 8.29. The van der Waals surface area contributed by atoms with Crippen molar-refractivity contribution in [2.45, 2.75) is 19.9 Å². The molecule has 0 atom stereocenters. The Labute approximate surface area is 105 Å². The van der Waals surface area contributed by atoms with E-state index >= 15 is 0 Å². The third-order valence-corrected chi connectivity index (χ3v) is 3.24. The highest BCUT2D eigenvalue weighted by molar-refractivity contribution is 7.13. The summed E-state index contributed by atoms with van der Waals surface area (Å²) in [7, 11) is 0. The van der Waals surface area contributed by atoms with Crippen LogP contribution < -0.4 is 5.32 Å². The molecular formula is C13H14N2OS. The van der Waals surface area contributed by atoms with E-state index in [2.05, 4.69) is 16.4 Å². The van der Waals surface area contributed by atoms with E-state index in [1.807, 2.05) is 30.5 Å². The molecule has 0 spiro atoms. The summed E-state index contributed by atoms with van der Waals surface area (Å²) in [5.41, 5.74) is 2.20. The Morgan fingerprint density at radius 1 is 1.47 bits per heavy atom. The lowest BCUT2D eigenvalue weighted by Gasteiger charge is -2.05. The van der Waals surface area contributed by atoms with Gasteiger partial charge in [-0.05, 0) is 11.6 Å². The number of rotatable bonds is 4. The SMILES string of the molecule is CCC(=O)NCc1cccc(-c2nccs2)c1. The monoisotopic (exact) mass is 246 g/mol. The maximum absolute atomic E-state index is 11.2.